The molecular weight excluding hydrogens is 203 g/mol. The maximum atomic E-state index is 8.97. The molecule has 0 fully saturated rings. The Bertz CT molecular complexity index is 224. The van der Waals surface area contributed by atoms with Gasteiger partial charge in [0.1, 0.15) is 5.75 Å². The first-order valence-electron chi connectivity index (χ1n) is 2.34. The molecule has 0 aliphatic heterocycles. The zero-order valence-corrected chi connectivity index (χ0v) is 6.78. The first kappa shape index (κ1) is 6.90. The van der Waals surface area contributed by atoms with Gasteiger partial charge in [0.15, 0.2) is 0 Å². The first-order valence-corrected chi connectivity index (χ1v) is 3.51. The molecule has 0 radical (unpaired) electrons. The van der Waals surface area contributed by atoms with E-state index in [0.717, 1.165) is 0 Å². The quantitative estimate of drug-likeness (QED) is 0.694. The molecular formula is C6H4BrClO. The van der Waals surface area contributed by atoms with Gasteiger partial charge in [-0.1, -0.05) is 11.6 Å². The molecule has 0 spiro atoms. The molecule has 0 saturated heterocycles. The largest absolute Gasteiger partial charge is 0.507 e. The van der Waals surface area contributed by atoms with E-state index in [4.69, 9.17) is 16.7 Å². The summed E-state index contributed by atoms with van der Waals surface area (Å²) in [5.41, 5.74) is 0. The normalized spacial score (nSPS) is 9.56. The Labute approximate surface area is 66.4 Å². The van der Waals surface area contributed by atoms with Gasteiger partial charge in [-0.15, -0.1) is 0 Å². The maximum Gasteiger partial charge on any atom is 0.131 e. The summed E-state index contributed by atoms with van der Waals surface area (Å²) in [6.45, 7) is 0. The molecule has 1 aromatic carbocycles. The average molecular weight is 207 g/mol. The van der Waals surface area contributed by atoms with Crippen molar-refractivity contribution < 1.29 is 5.11 Å². The Morgan fingerprint density at radius 2 is 2.11 bits per heavy atom. The van der Waals surface area contributed by atoms with Crippen molar-refractivity contribution in [2.45, 2.75) is 0 Å². The summed E-state index contributed by atoms with van der Waals surface area (Å²) in [5.74, 6) is 0.169. The summed E-state index contributed by atoms with van der Waals surface area (Å²) in [7, 11) is 0. The predicted octanol–water partition coefficient (Wildman–Crippen LogP) is 2.81. The fourth-order valence-electron chi connectivity index (χ4n) is 0.486. The van der Waals surface area contributed by atoms with Crippen molar-refractivity contribution in [3.63, 3.8) is 0 Å². The van der Waals surface area contributed by atoms with Crippen LogP contribution in [0.4, 0.5) is 0 Å². The second-order valence-corrected chi connectivity index (χ2v) is 2.89. The number of aromatic hydroxyl groups is 1. The van der Waals surface area contributed by atoms with Crippen LogP contribution in [0.3, 0.4) is 0 Å². The van der Waals surface area contributed by atoms with E-state index in [1.165, 1.54) is 6.07 Å². The van der Waals surface area contributed by atoms with Gasteiger partial charge in [-0.25, -0.2) is 0 Å². The summed E-state index contributed by atoms with van der Waals surface area (Å²) in [6, 6.07) is 4.87. The van der Waals surface area contributed by atoms with Crippen LogP contribution in [0, 0.1) is 0 Å². The molecule has 1 rings (SSSR count). The van der Waals surface area contributed by atoms with Crippen LogP contribution in [0.15, 0.2) is 22.7 Å². The highest BCUT2D eigenvalue weighted by Crippen LogP contribution is 2.26. The molecule has 3 heteroatoms. The standard InChI is InChI=1S/C6H4BrClO/c7-5-2-1-4(8)3-6(5)9/h1-3,9H. The monoisotopic (exact) mass is 206 g/mol. The third-order valence-electron chi connectivity index (χ3n) is 0.908. The van der Waals surface area contributed by atoms with Gasteiger partial charge >= 0.3 is 0 Å². The third kappa shape index (κ3) is 1.60. The average Bonchev–Trinajstić information content (AvgIpc) is 1.80. The highest BCUT2D eigenvalue weighted by Gasteiger charge is 1.95. The van der Waals surface area contributed by atoms with Gasteiger partial charge in [-0.3, -0.25) is 0 Å². The maximum absolute atomic E-state index is 8.97. The first-order chi connectivity index (χ1) is 4.20. The van der Waals surface area contributed by atoms with Gasteiger partial charge in [0.2, 0.25) is 0 Å². The van der Waals surface area contributed by atoms with Gasteiger partial charge in [-0.2, -0.15) is 0 Å². The van der Waals surface area contributed by atoms with Crippen LogP contribution in [0.5, 0.6) is 5.75 Å². The van der Waals surface area contributed by atoms with E-state index >= 15 is 0 Å². The lowest BCUT2D eigenvalue weighted by atomic mass is 10.3. The summed E-state index contributed by atoms with van der Waals surface area (Å²) >= 11 is 8.66. The van der Waals surface area contributed by atoms with Crippen LogP contribution in [-0.2, 0) is 0 Å². The van der Waals surface area contributed by atoms with E-state index in [-0.39, 0.29) is 5.75 Å². The Balaban J connectivity index is 3.17. The lowest BCUT2D eigenvalue weighted by Gasteiger charge is -1.94. The van der Waals surface area contributed by atoms with Crippen molar-refractivity contribution in [2.24, 2.45) is 0 Å². The van der Waals surface area contributed by atoms with E-state index in [1.807, 2.05) is 0 Å². The number of phenolic OH excluding ortho intramolecular Hbond substituents is 1. The number of hydrogen-bond acceptors (Lipinski definition) is 1. The zero-order chi connectivity index (χ0) is 6.85. The topological polar surface area (TPSA) is 20.2 Å². The van der Waals surface area contributed by atoms with E-state index in [9.17, 15) is 0 Å². The molecule has 0 bridgehead atoms. The molecule has 1 aromatic rings. The second-order valence-electron chi connectivity index (χ2n) is 1.60. The number of benzene rings is 1. The molecule has 1 N–H and O–H groups in total. The van der Waals surface area contributed by atoms with Crippen molar-refractivity contribution in [2.75, 3.05) is 0 Å². The van der Waals surface area contributed by atoms with Gasteiger partial charge < -0.3 is 5.11 Å². The molecule has 1 nitrogen and oxygen atoms in total. The summed E-state index contributed by atoms with van der Waals surface area (Å²) in [6.07, 6.45) is 0. The van der Waals surface area contributed by atoms with Crippen LogP contribution >= 0.6 is 27.5 Å². The number of hydrogen-bond donors (Lipinski definition) is 1. The van der Waals surface area contributed by atoms with Crippen LogP contribution in [0.1, 0.15) is 0 Å². The molecule has 0 saturated carbocycles. The van der Waals surface area contributed by atoms with Crippen LogP contribution in [0.2, 0.25) is 5.02 Å². The minimum atomic E-state index is 0.169. The van der Waals surface area contributed by atoms with Gasteiger partial charge in [-0.05, 0) is 34.1 Å². The predicted molar refractivity (Wildman–Crippen MR) is 40.8 cm³/mol. The van der Waals surface area contributed by atoms with E-state index in [1.54, 1.807) is 12.1 Å². The van der Waals surface area contributed by atoms with E-state index in [2.05, 4.69) is 15.9 Å². The Hall–Kier alpha value is -0.210. The molecule has 0 aliphatic rings. The Morgan fingerprint density at radius 3 is 2.56 bits per heavy atom. The lowest BCUT2D eigenvalue weighted by molar-refractivity contribution is 0.472. The third-order valence-corrected chi connectivity index (χ3v) is 1.81. The zero-order valence-electron chi connectivity index (χ0n) is 4.44. The summed E-state index contributed by atoms with van der Waals surface area (Å²) in [5, 5.41) is 9.51. The van der Waals surface area contributed by atoms with Crippen molar-refractivity contribution >= 4 is 27.5 Å². The Morgan fingerprint density at radius 1 is 1.44 bits per heavy atom. The highest BCUT2D eigenvalue weighted by molar-refractivity contribution is 9.10. The van der Waals surface area contributed by atoms with Gasteiger partial charge in [0.05, 0.1) is 4.47 Å². The minimum Gasteiger partial charge on any atom is -0.507 e. The van der Waals surface area contributed by atoms with Crippen LogP contribution in [0.25, 0.3) is 0 Å². The molecule has 48 valence electrons. The SMILES string of the molecule is Oc1cc(Cl)ccc1Br. The lowest BCUT2D eigenvalue weighted by Crippen LogP contribution is -1.66. The van der Waals surface area contributed by atoms with Crippen LogP contribution in [-0.4, -0.2) is 5.11 Å². The van der Waals surface area contributed by atoms with Crippen molar-refractivity contribution in [1.29, 1.82) is 0 Å². The second kappa shape index (κ2) is 2.58. The van der Waals surface area contributed by atoms with Crippen molar-refractivity contribution in [1.82, 2.24) is 0 Å². The number of phenols is 1. The molecule has 9 heavy (non-hydrogen) atoms. The summed E-state index contributed by atoms with van der Waals surface area (Å²) in [4.78, 5) is 0. The van der Waals surface area contributed by atoms with Crippen LogP contribution < -0.4 is 0 Å². The molecule has 0 amide bonds. The highest BCUT2D eigenvalue weighted by atomic mass is 79.9. The fourth-order valence-corrected chi connectivity index (χ4v) is 0.899. The molecule has 0 heterocycles. The van der Waals surface area contributed by atoms with E-state index < -0.39 is 0 Å². The molecule has 0 atom stereocenters. The van der Waals surface area contributed by atoms with Gasteiger partial charge in [0, 0.05) is 5.02 Å². The molecule has 0 aliphatic carbocycles. The van der Waals surface area contributed by atoms with Crippen molar-refractivity contribution in [3.05, 3.63) is 27.7 Å². The fraction of sp³-hybridized carbons (Fsp3) is 0. The Kier molecular flexibility index (Phi) is 1.98. The van der Waals surface area contributed by atoms with Gasteiger partial charge in [0.25, 0.3) is 0 Å². The number of rotatable bonds is 0. The molecule has 0 aromatic heterocycles. The molecule has 0 unspecified atom stereocenters. The number of halogens is 2. The summed E-state index contributed by atoms with van der Waals surface area (Å²) < 4.78 is 0.659. The van der Waals surface area contributed by atoms with E-state index in [0.29, 0.717) is 9.50 Å². The minimum absolute atomic E-state index is 0.169. The van der Waals surface area contributed by atoms with Crippen molar-refractivity contribution in [3.8, 4) is 5.75 Å². The smallest absolute Gasteiger partial charge is 0.131 e.